The lowest BCUT2D eigenvalue weighted by atomic mass is 9.73. The van der Waals surface area contributed by atoms with Crippen molar-refractivity contribution in [1.29, 1.82) is 0 Å². The Morgan fingerprint density at radius 2 is 2.03 bits per heavy atom. The largest absolute Gasteiger partial charge is 0.381 e. The zero-order chi connectivity index (χ0) is 24.6. The van der Waals surface area contributed by atoms with E-state index in [2.05, 4.69) is 43.6 Å². The fraction of sp³-hybridized carbons (Fsp3) is 0.417. The lowest BCUT2D eigenvalue weighted by molar-refractivity contribution is 0.0974. The molecule has 0 radical (unpaired) electrons. The third-order valence-corrected chi connectivity index (χ3v) is 8.43. The number of halogens is 1. The molecule has 182 valence electrons. The van der Waals surface area contributed by atoms with E-state index in [1.54, 1.807) is 24.9 Å². The number of nitrogens with zero attached hydrogens (tertiary/aromatic N) is 6. The second-order valence-electron chi connectivity index (χ2n) is 9.02. The minimum Gasteiger partial charge on any atom is -0.381 e. The fourth-order valence-corrected chi connectivity index (χ4v) is 5.62. The molecule has 3 aromatic heterocycles. The van der Waals surface area contributed by atoms with Crippen LogP contribution in [-0.2, 0) is 11.8 Å². The average Bonchev–Trinajstić information content (AvgIpc) is 3.39. The molecule has 9 nitrogen and oxygen atoms in total. The normalized spacial score (nSPS) is 21.2. The van der Waals surface area contributed by atoms with Gasteiger partial charge in [0.1, 0.15) is 22.2 Å². The topological polar surface area (TPSA) is 121 Å². The van der Waals surface area contributed by atoms with Crippen molar-refractivity contribution in [2.45, 2.75) is 41.8 Å². The van der Waals surface area contributed by atoms with Gasteiger partial charge in [0.25, 0.3) is 0 Å². The van der Waals surface area contributed by atoms with Gasteiger partial charge < -0.3 is 25.7 Å². The van der Waals surface area contributed by atoms with Gasteiger partial charge in [0, 0.05) is 42.7 Å². The highest BCUT2D eigenvalue weighted by Crippen LogP contribution is 2.42. The maximum absolute atomic E-state index is 6.60. The van der Waals surface area contributed by atoms with Crippen LogP contribution in [0.15, 0.2) is 40.9 Å². The molecule has 5 rings (SSSR count). The molecule has 0 aliphatic carbocycles. The highest BCUT2D eigenvalue weighted by molar-refractivity contribution is 7.99. The minimum atomic E-state index is 0.0557. The van der Waals surface area contributed by atoms with Crippen LogP contribution < -0.4 is 16.4 Å². The first-order chi connectivity index (χ1) is 16.9. The summed E-state index contributed by atoms with van der Waals surface area (Å²) in [6.45, 7) is 4.48. The maximum Gasteiger partial charge on any atom is 0.158 e. The van der Waals surface area contributed by atoms with Crippen LogP contribution in [0.5, 0.6) is 0 Å². The van der Waals surface area contributed by atoms with E-state index in [0.717, 1.165) is 48.9 Å². The third-order valence-electron chi connectivity index (χ3n) is 6.87. The summed E-state index contributed by atoms with van der Waals surface area (Å²) in [4.78, 5) is 20.6. The number of piperidine rings is 1. The summed E-state index contributed by atoms with van der Waals surface area (Å²) in [7, 11) is 1.88. The summed E-state index contributed by atoms with van der Waals surface area (Å²) >= 11 is 7.94. The lowest BCUT2D eigenvalue weighted by Crippen LogP contribution is -2.50. The zero-order valence-electron chi connectivity index (χ0n) is 19.6. The van der Waals surface area contributed by atoms with Gasteiger partial charge in [0.15, 0.2) is 5.82 Å². The average molecular weight is 511 g/mol. The SMILES string of the molecule is C[C@@H]1OCC2(CCN(c3cnc(Sc4ccnc(C#Cc5cncn5C)c4Cl)c(N)n3)CC2)[C@@H]1N. The quantitative estimate of drug-likeness (QED) is 0.512. The third kappa shape index (κ3) is 4.69. The van der Waals surface area contributed by atoms with Crippen molar-refractivity contribution in [2.75, 3.05) is 30.3 Å². The molecular weight excluding hydrogens is 484 g/mol. The molecular formula is C24H27ClN8OS. The first-order valence-corrected chi connectivity index (χ1v) is 12.6. The van der Waals surface area contributed by atoms with Crippen LogP contribution in [0.2, 0.25) is 5.02 Å². The Balaban J connectivity index is 1.29. The molecule has 2 atom stereocenters. The molecule has 0 saturated carbocycles. The van der Waals surface area contributed by atoms with Crippen molar-refractivity contribution in [1.82, 2.24) is 24.5 Å². The number of imidazole rings is 1. The van der Waals surface area contributed by atoms with E-state index in [1.165, 1.54) is 11.8 Å². The number of ether oxygens (including phenoxy) is 1. The number of rotatable bonds is 3. The number of pyridine rings is 1. The Labute approximate surface area is 213 Å². The van der Waals surface area contributed by atoms with Gasteiger partial charge in [-0.25, -0.2) is 19.9 Å². The van der Waals surface area contributed by atoms with Gasteiger partial charge in [-0.1, -0.05) is 23.4 Å². The highest BCUT2D eigenvalue weighted by atomic mass is 35.5. The molecule has 1 spiro atoms. The predicted molar refractivity (Wildman–Crippen MR) is 136 cm³/mol. The number of aryl methyl sites for hydroxylation is 1. The minimum absolute atomic E-state index is 0.0557. The van der Waals surface area contributed by atoms with E-state index in [-0.39, 0.29) is 17.6 Å². The molecule has 0 aromatic carbocycles. The summed E-state index contributed by atoms with van der Waals surface area (Å²) in [6, 6.07) is 1.89. The van der Waals surface area contributed by atoms with Crippen LogP contribution in [0.25, 0.3) is 0 Å². The van der Waals surface area contributed by atoms with Gasteiger partial charge >= 0.3 is 0 Å². The van der Waals surface area contributed by atoms with Gasteiger partial charge in [-0.3, -0.25) is 0 Å². The van der Waals surface area contributed by atoms with Crippen LogP contribution in [0, 0.1) is 17.3 Å². The Bertz CT molecular complexity index is 1290. The summed E-state index contributed by atoms with van der Waals surface area (Å²) in [5.74, 6) is 7.18. The second-order valence-corrected chi connectivity index (χ2v) is 10.4. The second kappa shape index (κ2) is 9.66. The number of aromatic nitrogens is 5. The Morgan fingerprint density at radius 1 is 1.23 bits per heavy atom. The van der Waals surface area contributed by atoms with E-state index in [9.17, 15) is 0 Å². The molecule has 0 bridgehead atoms. The van der Waals surface area contributed by atoms with Crippen LogP contribution in [0.1, 0.15) is 31.2 Å². The van der Waals surface area contributed by atoms with Crippen molar-refractivity contribution >= 4 is 35.0 Å². The molecule has 4 N–H and O–H groups in total. The van der Waals surface area contributed by atoms with Crippen molar-refractivity contribution in [3.05, 3.63) is 47.4 Å². The zero-order valence-corrected chi connectivity index (χ0v) is 21.2. The van der Waals surface area contributed by atoms with Crippen LogP contribution in [0.4, 0.5) is 11.6 Å². The smallest absolute Gasteiger partial charge is 0.158 e. The molecule has 2 fully saturated rings. The summed E-state index contributed by atoms with van der Waals surface area (Å²) in [6.07, 6.45) is 8.85. The van der Waals surface area contributed by atoms with Gasteiger partial charge in [-0.15, -0.1) is 0 Å². The molecule has 5 heterocycles. The van der Waals surface area contributed by atoms with Crippen LogP contribution >= 0.6 is 23.4 Å². The predicted octanol–water partition coefficient (Wildman–Crippen LogP) is 2.72. The molecule has 11 heteroatoms. The Hall–Kier alpha value is -2.84. The fourth-order valence-electron chi connectivity index (χ4n) is 4.56. The standard InChI is InChI=1S/C24H27ClN8OS/c1-15-21(26)24(13-34-15)6-9-33(10-7-24)19-12-30-23(22(27)31-19)35-18-5-8-29-17(20(18)25)4-3-16-11-28-14-32(16)2/h5,8,11-12,14-15,21H,6-7,9-10,13,26H2,1-2H3,(H2,27,31)/t15-,21+/m0/s1. The molecule has 35 heavy (non-hydrogen) atoms. The Kier molecular flexibility index (Phi) is 6.59. The van der Waals surface area contributed by atoms with E-state index >= 15 is 0 Å². The first kappa shape index (κ1) is 23.9. The maximum atomic E-state index is 6.60. The van der Waals surface area contributed by atoms with Crippen molar-refractivity contribution in [2.24, 2.45) is 18.2 Å². The number of nitrogens with two attached hydrogens (primary N) is 2. The Morgan fingerprint density at radius 3 is 2.69 bits per heavy atom. The summed E-state index contributed by atoms with van der Waals surface area (Å²) < 4.78 is 7.66. The number of hydrogen-bond donors (Lipinski definition) is 2. The summed E-state index contributed by atoms with van der Waals surface area (Å²) in [5.41, 5.74) is 14.0. The number of nitrogen functional groups attached to an aromatic ring is 1. The van der Waals surface area contributed by atoms with E-state index in [0.29, 0.717) is 21.6 Å². The highest BCUT2D eigenvalue weighted by Gasteiger charge is 2.47. The van der Waals surface area contributed by atoms with Crippen LogP contribution in [0.3, 0.4) is 0 Å². The lowest BCUT2D eigenvalue weighted by Gasteiger charge is -2.41. The monoisotopic (exact) mass is 510 g/mol. The molecule has 2 aliphatic rings. The van der Waals surface area contributed by atoms with Gasteiger partial charge in [-0.05, 0) is 37.7 Å². The number of anilines is 2. The molecule has 2 aliphatic heterocycles. The van der Waals surface area contributed by atoms with E-state index < -0.39 is 0 Å². The molecule has 2 saturated heterocycles. The van der Waals surface area contributed by atoms with E-state index in [4.69, 9.17) is 27.8 Å². The van der Waals surface area contributed by atoms with Crippen molar-refractivity contribution in [3.8, 4) is 11.8 Å². The summed E-state index contributed by atoms with van der Waals surface area (Å²) in [5, 5.41) is 1.03. The molecule has 0 amide bonds. The van der Waals surface area contributed by atoms with E-state index in [1.807, 2.05) is 17.7 Å². The van der Waals surface area contributed by atoms with Gasteiger partial charge in [0.2, 0.25) is 0 Å². The number of hydrogen-bond acceptors (Lipinski definition) is 9. The van der Waals surface area contributed by atoms with Gasteiger partial charge in [-0.2, -0.15) is 0 Å². The van der Waals surface area contributed by atoms with Gasteiger partial charge in [0.05, 0.1) is 36.5 Å². The molecule has 3 aromatic rings. The van der Waals surface area contributed by atoms with Crippen LogP contribution in [-0.4, -0.2) is 56.3 Å². The van der Waals surface area contributed by atoms with Crippen molar-refractivity contribution in [3.63, 3.8) is 0 Å². The first-order valence-electron chi connectivity index (χ1n) is 11.4. The van der Waals surface area contributed by atoms with Crippen molar-refractivity contribution < 1.29 is 4.74 Å². The molecule has 0 unspecified atom stereocenters.